The first-order valence-corrected chi connectivity index (χ1v) is 7.02. The summed E-state index contributed by atoms with van der Waals surface area (Å²) in [7, 11) is 0. The van der Waals surface area contributed by atoms with Crippen molar-refractivity contribution < 1.29 is 9.66 Å². The van der Waals surface area contributed by atoms with Gasteiger partial charge in [0.1, 0.15) is 5.69 Å². The van der Waals surface area contributed by atoms with Crippen LogP contribution in [-0.2, 0) is 0 Å². The second-order valence-corrected chi connectivity index (χ2v) is 5.03. The maximum Gasteiger partial charge on any atom is 0.333 e. The summed E-state index contributed by atoms with van der Waals surface area (Å²) in [4.78, 5) is 13.1. The largest absolute Gasteiger partial charge is 0.487 e. The third-order valence-electron chi connectivity index (χ3n) is 3.33. The minimum Gasteiger partial charge on any atom is -0.487 e. The zero-order chi connectivity index (χ0) is 14.5. The average Bonchev–Trinajstić information content (AvgIpc) is 2.44. The van der Waals surface area contributed by atoms with Crippen molar-refractivity contribution in [3.63, 3.8) is 0 Å². The molecule has 110 valence electrons. The van der Waals surface area contributed by atoms with Gasteiger partial charge in [-0.15, -0.1) is 0 Å². The molecule has 1 aromatic carbocycles. The summed E-state index contributed by atoms with van der Waals surface area (Å²) in [6.07, 6.45) is 0.825. The summed E-state index contributed by atoms with van der Waals surface area (Å²) in [5.41, 5.74) is 0.729. The molecule has 0 radical (unpaired) electrons. The lowest BCUT2D eigenvalue weighted by Crippen LogP contribution is -2.49. The first-order valence-electron chi connectivity index (χ1n) is 7.02. The van der Waals surface area contributed by atoms with Gasteiger partial charge in [-0.2, -0.15) is 0 Å². The zero-order valence-electron chi connectivity index (χ0n) is 12.0. The van der Waals surface area contributed by atoms with Crippen molar-refractivity contribution >= 4 is 11.4 Å². The topological polar surface area (TPSA) is 67.6 Å². The summed E-state index contributed by atoms with van der Waals surface area (Å²) >= 11 is 0. The van der Waals surface area contributed by atoms with Crippen molar-refractivity contribution in [1.82, 2.24) is 5.32 Å². The van der Waals surface area contributed by atoms with E-state index in [0.29, 0.717) is 24.1 Å². The molecule has 6 nitrogen and oxygen atoms in total. The number of nitrogens with zero attached hydrogens (tertiary/aromatic N) is 2. The van der Waals surface area contributed by atoms with Crippen LogP contribution in [0.15, 0.2) is 18.2 Å². The summed E-state index contributed by atoms with van der Waals surface area (Å²) in [6, 6.07) is 5.61. The van der Waals surface area contributed by atoms with Gasteiger partial charge in [-0.1, -0.05) is 13.0 Å². The number of nitrogens with one attached hydrogen (secondary N) is 1. The molecule has 1 N–H and O–H groups in total. The van der Waals surface area contributed by atoms with E-state index in [2.05, 4.69) is 17.1 Å². The van der Waals surface area contributed by atoms with Crippen LogP contribution in [0.5, 0.6) is 5.75 Å². The lowest BCUT2D eigenvalue weighted by Gasteiger charge is -2.33. The molecule has 0 saturated carbocycles. The average molecular weight is 279 g/mol. The highest BCUT2D eigenvalue weighted by molar-refractivity contribution is 5.70. The van der Waals surface area contributed by atoms with E-state index in [1.807, 2.05) is 13.0 Å². The highest BCUT2D eigenvalue weighted by Crippen LogP contribution is 2.37. The molecule has 0 spiro atoms. The molecule has 6 heteroatoms. The standard InChI is InChI=1S/C14H21N3O3/c1-3-9-20-13-6-4-5-12(14(13)17(18)19)16-8-7-15-11(2)10-16/h4-6,11,15H,3,7-10H2,1-2H3/t11-/m0/s1. The number of nitro benzene ring substituents is 1. The Balaban J connectivity index is 2.33. The van der Waals surface area contributed by atoms with Crippen LogP contribution >= 0.6 is 0 Å². The van der Waals surface area contributed by atoms with Crippen molar-refractivity contribution in [2.75, 3.05) is 31.1 Å². The molecular weight excluding hydrogens is 258 g/mol. The van der Waals surface area contributed by atoms with Crippen molar-refractivity contribution in [2.45, 2.75) is 26.3 Å². The molecule has 20 heavy (non-hydrogen) atoms. The molecule has 1 aromatic rings. The molecular formula is C14H21N3O3. The number of hydrogen-bond acceptors (Lipinski definition) is 5. The van der Waals surface area contributed by atoms with Crippen LogP contribution in [0.3, 0.4) is 0 Å². The van der Waals surface area contributed by atoms with Crippen molar-refractivity contribution in [3.8, 4) is 5.75 Å². The van der Waals surface area contributed by atoms with E-state index in [4.69, 9.17) is 4.74 Å². The van der Waals surface area contributed by atoms with Crippen molar-refractivity contribution in [3.05, 3.63) is 28.3 Å². The molecule has 0 aliphatic carbocycles. The van der Waals surface area contributed by atoms with Crippen LogP contribution in [0.4, 0.5) is 11.4 Å². The Morgan fingerprint density at radius 1 is 1.55 bits per heavy atom. The molecule has 1 saturated heterocycles. The Morgan fingerprint density at radius 2 is 2.35 bits per heavy atom. The normalized spacial score (nSPS) is 18.9. The Labute approximate surface area is 118 Å². The van der Waals surface area contributed by atoms with E-state index in [1.54, 1.807) is 12.1 Å². The molecule has 2 rings (SSSR count). The number of piperazine rings is 1. The molecule has 0 unspecified atom stereocenters. The molecule has 1 aliphatic heterocycles. The number of benzene rings is 1. The first kappa shape index (κ1) is 14.6. The van der Waals surface area contributed by atoms with Gasteiger partial charge in [0.2, 0.25) is 0 Å². The quantitative estimate of drug-likeness (QED) is 0.661. The number of para-hydroxylation sites is 1. The van der Waals surface area contributed by atoms with Gasteiger partial charge in [0.25, 0.3) is 0 Å². The summed E-state index contributed by atoms with van der Waals surface area (Å²) in [6.45, 7) is 6.91. The molecule has 1 heterocycles. The van der Waals surface area contributed by atoms with Gasteiger partial charge in [-0.05, 0) is 25.5 Å². The van der Waals surface area contributed by atoms with E-state index in [9.17, 15) is 10.1 Å². The van der Waals surface area contributed by atoms with E-state index in [1.165, 1.54) is 0 Å². The highest BCUT2D eigenvalue weighted by atomic mass is 16.6. The molecule has 1 aliphatic rings. The predicted octanol–water partition coefficient (Wildman–Crippen LogP) is 2.18. The first-order chi connectivity index (χ1) is 9.63. The van der Waals surface area contributed by atoms with E-state index in [0.717, 1.165) is 26.1 Å². The molecule has 0 amide bonds. The minimum atomic E-state index is -0.340. The smallest absolute Gasteiger partial charge is 0.333 e. The van der Waals surface area contributed by atoms with E-state index < -0.39 is 0 Å². The molecule has 0 aromatic heterocycles. The summed E-state index contributed by atoms with van der Waals surface area (Å²) in [5.74, 6) is 0.362. The lowest BCUT2D eigenvalue weighted by molar-refractivity contribution is -0.385. The Kier molecular flexibility index (Phi) is 4.79. The fourth-order valence-electron chi connectivity index (χ4n) is 2.43. The zero-order valence-corrected chi connectivity index (χ0v) is 12.0. The van der Waals surface area contributed by atoms with E-state index in [-0.39, 0.29) is 10.6 Å². The fourth-order valence-corrected chi connectivity index (χ4v) is 2.43. The van der Waals surface area contributed by atoms with Gasteiger partial charge in [0.15, 0.2) is 5.75 Å². The molecule has 0 bridgehead atoms. The van der Waals surface area contributed by atoms with Gasteiger partial charge in [0.05, 0.1) is 11.5 Å². The maximum absolute atomic E-state index is 11.4. The van der Waals surface area contributed by atoms with Crippen LogP contribution in [-0.4, -0.2) is 37.2 Å². The Bertz CT molecular complexity index is 479. The number of rotatable bonds is 5. The third kappa shape index (κ3) is 3.19. The van der Waals surface area contributed by atoms with Gasteiger partial charge < -0.3 is 15.0 Å². The van der Waals surface area contributed by atoms with Gasteiger partial charge in [-0.25, -0.2) is 0 Å². The molecule has 1 fully saturated rings. The van der Waals surface area contributed by atoms with Crippen molar-refractivity contribution in [1.29, 1.82) is 0 Å². The summed E-state index contributed by atoms with van der Waals surface area (Å²) in [5, 5.41) is 14.7. The molecule has 1 atom stereocenters. The fraction of sp³-hybridized carbons (Fsp3) is 0.571. The lowest BCUT2D eigenvalue weighted by atomic mass is 10.1. The van der Waals surface area contributed by atoms with Crippen LogP contribution in [0.25, 0.3) is 0 Å². The second-order valence-electron chi connectivity index (χ2n) is 5.03. The Hall–Kier alpha value is -1.82. The van der Waals surface area contributed by atoms with Gasteiger partial charge in [-0.3, -0.25) is 10.1 Å². The van der Waals surface area contributed by atoms with E-state index >= 15 is 0 Å². The van der Waals surface area contributed by atoms with Gasteiger partial charge in [0, 0.05) is 25.7 Å². The predicted molar refractivity (Wildman–Crippen MR) is 78.6 cm³/mol. The van der Waals surface area contributed by atoms with Crippen LogP contribution in [0.1, 0.15) is 20.3 Å². The number of anilines is 1. The Morgan fingerprint density at radius 3 is 3.00 bits per heavy atom. The van der Waals surface area contributed by atoms with Crippen LogP contribution in [0.2, 0.25) is 0 Å². The SMILES string of the molecule is CCCOc1cccc(N2CCN[C@@H](C)C2)c1[N+](=O)[O-]. The highest BCUT2D eigenvalue weighted by Gasteiger charge is 2.27. The number of ether oxygens (including phenoxy) is 1. The van der Waals surface area contributed by atoms with Crippen molar-refractivity contribution in [2.24, 2.45) is 0 Å². The van der Waals surface area contributed by atoms with Crippen LogP contribution < -0.4 is 15.0 Å². The van der Waals surface area contributed by atoms with Gasteiger partial charge >= 0.3 is 5.69 Å². The van der Waals surface area contributed by atoms with Crippen LogP contribution in [0, 0.1) is 10.1 Å². The summed E-state index contributed by atoms with van der Waals surface area (Å²) < 4.78 is 5.52. The minimum absolute atomic E-state index is 0.0788. The third-order valence-corrected chi connectivity index (χ3v) is 3.33. The maximum atomic E-state index is 11.4. The second kappa shape index (κ2) is 6.56. The number of nitro groups is 1. The monoisotopic (exact) mass is 279 g/mol. The number of hydrogen-bond donors (Lipinski definition) is 1.